The van der Waals surface area contributed by atoms with Crippen molar-refractivity contribution in [2.24, 2.45) is 5.92 Å². The van der Waals surface area contributed by atoms with Crippen LogP contribution in [0.5, 0.6) is 0 Å². The molecule has 100 valence electrons. The molecule has 5 nitrogen and oxygen atoms in total. The normalized spacial score (nSPS) is 27.0. The predicted octanol–water partition coefficient (Wildman–Crippen LogP) is 2.60. The van der Waals surface area contributed by atoms with Crippen LogP contribution < -0.4 is 5.32 Å². The first-order chi connectivity index (χ1) is 9.31. The monoisotopic (exact) mass is 257 g/mol. The smallest absolute Gasteiger partial charge is 0.178 e. The van der Waals surface area contributed by atoms with Crippen molar-refractivity contribution >= 4 is 11.5 Å². The van der Waals surface area contributed by atoms with Gasteiger partial charge in [-0.1, -0.05) is 13.3 Å². The third-order valence-electron chi connectivity index (χ3n) is 4.42. The molecule has 0 aliphatic heterocycles. The van der Waals surface area contributed by atoms with Gasteiger partial charge in [0.15, 0.2) is 11.5 Å². The van der Waals surface area contributed by atoms with Crippen LogP contribution in [0.4, 0.5) is 5.82 Å². The maximum Gasteiger partial charge on any atom is 0.178 e. The zero-order chi connectivity index (χ0) is 12.8. The van der Waals surface area contributed by atoms with E-state index >= 15 is 0 Å². The number of fused-ring (bicyclic) bond motifs is 1. The molecular formula is C14H19N5. The van der Waals surface area contributed by atoms with Gasteiger partial charge in [0.1, 0.15) is 5.82 Å². The third-order valence-corrected chi connectivity index (χ3v) is 4.42. The van der Waals surface area contributed by atoms with Gasteiger partial charge in [0, 0.05) is 12.0 Å². The van der Waals surface area contributed by atoms with Gasteiger partial charge in [0.05, 0.1) is 0 Å². The Balaban J connectivity index is 1.64. The molecule has 0 bridgehead atoms. The lowest BCUT2D eigenvalue weighted by molar-refractivity contribution is 0.553. The van der Waals surface area contributed by atoms with Gasteiger partial charge in [-0.05, 0) is 43.7 Å². The van der Waals surface area contributed by atoms with Crippen LogP contribution in [0.3, 0.4) is 0 Å². The Morgan fingerprint density at radius 2 is 2.05 bits per heavy atom. The molecule has 2 fully saturated rings. The fourth-order valence-corrected chi connectivity index (χ4v) is 3.03. The van der Waals surface area contributed by atoms with Crippen molar-refractivity contribution in [3.8, 4) is 0 Å². The lowest BCUT2D eigenvalue weighted by Crippen LogP contribution is -2.22. The summed E-state index contributed by atoms with van der Waals surface area (Å²) in [6.07, 6.45) is 6.33. The topological polar surface area (TPSA) is 55.1 Å². The number of aromatic nitrogens is 4. The molecule has 19 heavy (non-hydrogen) atoms. The van der Waals surface area contributed by atoms with E-state index in [4.69, 9.17) is 0 Å². The van der Waals surface area contributed by atoms with Gasteiger partial charge in [0.25, 0.3) is 0 Å². The highest BCUT2D eigenvalue weighted by atomic mass is 15.4. The van der Waals surface area contributed by atoms with Gasteiger partial charge in [0.2, 0.25) is 0 Å². The number of hydrogen-bond donors (Lipinski definition) is 1. The number of anilines is 1. The van der Waals surface area contributed by atoms with Crippen LogP contribution in [0.1, 0.15) is 50.8 Å². The highest BCUT2D eigenvalue weighted by molar-refractivity contribution is 5.45. The summed E-state index contributed by atoms with van der Waals surface area (Å²) in [6, 6.07) is 4.59. The van der Waals surface area contributed by atoms with E-state index in [9.17, 15) is 0 Å². The van der Waals surface area contributed by atoms with E-state index in [1.807, 2.05) is 16.6 Å². The zero-order valence-corrected chi connectivity index (χ0v) is 11.2. The first-order valence-electron chi connectivity index (χ1n) is 7.30. The summed E-state index contributed by atoms with van der Waals surface area (Å²) in [7, 11) is 0. The molecule has 2 saturated carbocycles. The molecule has 2 heterocycles. The molecule has 4 rings (SSSR count). The summed E-state index contributed by atoms with van der Waals surface area (Å²) in [6.45, 7) is 2.32. The average molecular weight is 257 g/mol. The Hall–Kier alpha value is -1.65. The summed E-state index contributed by atoms with van der Waals surface area (Å²) in [5.74, 6) is 3.29. The fraction of sp³-hybridized carbons (Fsp3) is 0.643. The van der Waals surface area contributed by atoms with E-state index in [0.717, 1.165) is 23.2 Å². The van der Waals surface area contributed by atoms with Gasteiger partial charge in [-0.15, -0.1) is 15.3 Å². The summed E-state index contributed by atoms with van der Waals surface area (Å²) in [4.78, 5) is 0. The van der Waals surface area contributed by atoms with E-state index < -0.39 is 0 Å². The Morgan fingerprint density at radius 1 is 1.16 bits per heavy atom. The van der Waals surface area contributed by atoms with Crippen molar-refractivity contribution in [1.29, 1.82) is 0 Å². The second-order valence-electron chi connectivity index (χ2n) is 5.98. The SMILES string of the molecule is CC1CCCC1Nc1ccc2nnc(C3CC3)n2n1. The van der Waals surface area contributed by atoms with Gasteiger partial charge in [-0.3, -0.25) is 0 Å². The van der Waals surface area contributed by atoms with E-state index in [1.165, 1.54) is 32.1 Å². The fourth-order valence-electron chi connectivity index (χ4n) is 3.03. The summed E-state index contributed by atoms with van der Waals surface area (Å²) >= 11 is 0. The largest absolute Gasteiger partial charge is 0.366 e. The highest BCUT2D eigenvalue weighted by Crippen LogP contribution is 2.38. The van der Waals surface area contributed by atoms with Crippen molar-refractivity contribution < 1.29 is 0 Å². The molecule has 0 amide bonds. The lowest BCUT2D eigenvalue weighted by atomic mass is 10.1. The molecule has 0 radical (unpaired) electrons. The van der Waals surface area contributed by atoms with Gasteiger partial charge < -0.3 is 5.32 Å². The molecule has 2 aromatic rings. The Labute approximate surface area is 112 Å². The average Bonchev–Trinajstić information content (AvgIpc) is 3.05. The Morgan fingerprint density at radius 3 is 2.79 bits per heavy atom. The minimum absolute atomic E-state index is 0.561. The van der Waals surface area contributed by atoms with E-state index in [2.05, 4.69) is 27.5 Å². The van der Waals surface area contributed by atoms with Crippen LogP contribution in [0.25, 0.3) is 5.65 Å². The number of hydrogen-bond acceptors (Lipinski definition) is 4. The summed E-state index contributed by atoms with van der Waals surface area (Å²) in [5, 5.41) is 16.7. The third kappa shape index (κ3) is 1.97. The molecule has 5 heteroatoms. The highest BCUT2D eigenvalue weighted by Gasteiger charge is 2.29. The number of rotatable bonds is 3. The van der Waals surface area contributed by atoms with Gasteiger partial charge in [-0.2, -0.15) is 4.52 Å². The zero-order valence-electron chi connectivity index (χ0n) is 11.2. The van der Waals surface area contributed by atoms with E-state index in [-0.39, 0.29) is 0 Å². The maximum absolute atomic E-state index is 4.67. The van der Waals surface area contributed by atoms with Crippen LogP contribution in [0.15, 0.2) is 12.1 Å². The van der Waals surface area contributed by atoms with Crippen molar-refractivity contribution in [1.82, 2.24) is 19.8 Å². The Kier molecular flexibility index (Phi) is 2.47. The van der Waals surface area contributed by atoms with Crippen LogP contribution in [-0.2, 0) is 0 Å². The first-order valence-corrected chi connectivity index (χ1v) is 7.30. The summed E-state index contributed by atoms with van der Waals surface area (Å²) < 4.78 is 1.92. The van der Waals surface area contributed by atoms with Crippen molar-refractivity contribution in [3.63, 3.8) is 0 Å². The first kappa shape index (κ1) is 11.2. The molecule has 0 saturated heterocycles. The second-order valence-corrected chi connectivity index (χ2v) is 5.98. The maximum atomic E-state index is 4.67. The molecule has 0 spiro atoms. The summed E-state index contributed by atoms with van der Waals surface area (Å²) in [5.41, 5.74) is 0.854. The molecular weight excluding hydrogens is 238 g/mol. The van der Waals surface area contributed by atoms with E-state index in [1.54, 1.807) is 0 Å². The minimum Gasteiger partial charge on any atom is -0.366 e. The molecule has 2 aliphatic carbocycles. The number of nitrogens with zero attached hydrogens (tertiary/aromatic N) is 4. The lowest BCUT2D eigenvalue weighted by Gasteiger charge is -2.17. The molecule has 0 aromatic carbocycles. The van der Waals surface area contributed by atoms with Crippen LogP contribution in [0, 0.1) is 5.92 Å². The van der Waals surface area contributed by atoms with Crippen molar-refractivity contribution in [3.05, 3.63) is 18.0 Å². The molecule has 2 aliphatic rings. The molecule has 1 N–H and O–H groups in total. The molecule has 2 atom stereocenters. The molecule has 2 aromatic heterocycles. The standard InChI is InChI=1S/C14H19N5/c1-9-3-2-4-11(9)15-12-7-8-13-16-17-14(10-5-6-10)19(13)18-12/h7-11H,2-6H2,1H3,(H,15,18). The van der Waals surface area contributed by atoms with Gasteiger partial charge >= 0.3 is 0 Å². The minimum atomic E-state index is 0.561. The van der Waals surface area contributed by atoms with E-state index in [0.29, 0.717) is 12.0 Å². The van der Waals surface area contributed by atoms with Gasteiger partial charge in [-0.25, -0.2) is 0 Å². The van der Waals surface area contributed by atoms with Crippen molar-refractivity contribution in [2.75, 3.05) is 5.32 Å². The predicted molar refractivity (Wildman–Crippen MR) is 73.2 cm³/mol. The molecule has 2 unspecified atom stereocenters. The van der Waals surface area contributed by atoms with Crippen LogP contribution in [-0.4, -0.2) is 25.9 Å². The Bertz CT molecular complexity index is 601. The quantitative estimate of drug-likeness (QED) is 0.918. The second kappa shape index (κ2) is 4.18. The van der Waals surface area contributed by atoms with Crippen molar-refractivity contribution in [2.45, 2.75) is 51.0 Å². The van der Waals surface area contributed by atoms with Crippen LogP contribution >= 0.6 is 0 Å². The van der Waals surface area contributed by atoms with Crippen LogP contribution in [0.2, 0.25) is 0 Å². The number of nitrogens with one attached hydrogen (secondary N) is 1.